The van der Waals surface area contributed by atoms with Crippen molar-refractivity contribution >= 4 is 22.7 Å². The van der Waals surface area contributed by atoms with Crippen molar-refractivity contribution in [2.24, 2.45) is 0 Å². The molecule has 122 valence electrons. The van der Waals surface area contributed by atoms with E-state index in [1.165, 1.54) is 29.2 Å². The first-order valence-electron chi connectivity index (χ1n) is 6.76. The molecule has 9 heteroatoms. The number of carbonyl (C=O) groups is 2. The van der Waals surface area contributed by atoms with Crippen LogP contribution in [-0.4, -0.2) is 47.7 Å². The van der Waals surface area contributed by atoms with Gasteiger partial charge >= 0.3 is 6.36 Å². The second-order valence-corrected chi connectivity index (χ2v) is 5.06. The highest BCUT2D eigenvalue weighted by Crippen LogP contribution is 2.27. The first-order chi connectivity index (χ1) is 10.8. The second kappa shape index (κ2) is 5.49. The molecule has 0 atom stereocenters. The average molecular weight is 327 g/mol. The Hall–Kier alpha value is -2.71. The van der Waals surface area contributed by atoms with Crippen LogP contribution in [0.5, 0.6) is 5.75 Å². The number of piperazine rings is 1. The van der Waals surface area contributed by atoms with Crippen LogP contribution in [0.4, 0.5) is 13.2 Å². The lowest BCUT2D eigenvalue weighted by Gasteiger charge is -2.26. The molecule has 0 bridgehead atoms. The van der Waals surface area contributed by atoms with Crippen molar-refractivity contribution in [3.63, 3.8) is 0 Å². The number of aromatic nitrogens is 1. The second-order valence-electron chi connectivity index (χ2n) is 5.06. The highest BCUT2D eigenvalue weighted by molar-refractivity contribution is 6.00. The van der Waals surface area contributed by atoms with Crippen LogP contribution < -0.4 is 10.1 Å². The van der Waals surface area contributed by atoms with Crippen molar-refractivity contribution < 1.29 is 27.5 Å². The molecule has 0 radical (unpaired) electrons. The largest absolute Gasteiger partial charge is 0.573 e. The van der Waals surface area contributed by atoms with Crippen LogP contribution in [0.15, 0.2) is 24.3 Å². The summed E-state index contributed by atoms with van der Waals surface area (Å²) in [5.74, 6) is -1.00. The molecule has 1 aliphatic rings. The van der Waals surface area contributed by atoms with Gasteiger partial charge in [0.15, 0.2) is 0 Å². The highest BCUT2D eigenvalue weighted by Gasteiger charge is 2.31. The zero-order valence-electron chi connectivity index (χ0n) is 11.7. The normalized spacial score (nSPS) is 15.6. The lowest BCUT2D eigenvalue weighted by molar-refractivity contribution is -0.274. The first-order valence-corrected chi connectivity index (χ1v) is 6.76. The van der Waals surface area contributed by atoms with Gasteiger partial charge in [0.1, 0.15) is 11.4 Å². The summed E-state index contributed by atoms with van der Waals surface area (Å²) in [7, 11) is 0. The van der Waals surface area contributed by atoms with Crippen molar-refractivity contribution in [2.75, 3.05) is 19.6 Å². The maximum atomic E-state index is 12.3. The first kappa shape index (κ1) is 15.2. The predicted octanol–water partition coefficient (Wildman–Crippen LogP) is 1.64. The molecule has 0 unspecified atom stereocenters. The Balaban J connectivity index is 1.84. The summed E-state index contributed by atoms with van der Waals surface area (Å²) in [6, 6.07) is 5.29. The van der Waals surface area contributed by atoms with Crippen molar-refractivity contribution in [2.45, 2.75) is 6.36 Å². The van der Waals surface area contributed by atoms with Gasteiger partial charge in [-0.15, -0.1) is 13.2 Å². The van der Waals surface area contributed by atoms with E-state index in [1.807, 2.05) is 0 Å². The number of nitrogens with one attached hydrogen (secondary N) is 2. The summed E-state index contributed by atoms with van der Waals surface area (Å²) in [5.41, 5.74) is 0.551. The molecule has 2 heterocycles. The van der Waals surface area contributed by atoms with Crippen molar-refractivity contribution in [1.82, 2.24) is 15.2 Å². The van der Waals surface area contributed by atoms with Crippen LogP contribution in [0.1, 0.15) is 10.5 Å². The van der Waals surface area contributed by atoms with Gasteiger partial charge in [-0.05, 0) is 18.2 Å². The molecule has 2 aromatic rings. The van der Waals surface area contributed by atoms with Gasteiger partial charge < -0.3 is 19.9 Å². The summed E-state index contributed by atoms with van der Waals surface area (Å²) >= 11 is 0. The third kappa shape index (κ3) is 3.38. The Morgan fingerprint density at radius 3 is 2.74 bits per heavy atom. The van der Waals surface area contributed by atoms with Crippen molar-refractivity contribution in [1.29, 1.82) is 0 Å². The highest BCUT2D eigenvalue weighted by atomic mass is 19.4. The van der Waals surface area contributed by atoms with Gasteiger partial charge in [-0.1, -0.05) is 0 Å². The number of ether oxygens (including phenoxy) is 1. The zero-order chi connectivity index (χ0) is 16.6. The Kier molecular flexibility index (Phi) is 3.63. The zero-order valence-corrected chi connectivity index (χ0v) is 11.7. The number of hydrogen-bond acceptors (Lipinski definition) is 3. The summed E-state index contributed by atoms with van der Waals surface area (Å²) in [4.78, 5) is 27.8. The SMILES string of the molecule is O=C1CN(C(=O)c2cc3ccc(OC(F)(F)F)cc3[nH]2)CCN1. The Morgan fingerprint density at radius 1 is 1.26 bits per heavy atom. The van der Waals surface area contributed by atoms with Crippen LogP contribution >= 0.6 is 0 Å². The van der Waals surface area contributed by atoms with E-state index >= 15 is 0 Å². The standard InChI is InChI=1S/C14H12F3N3O3/c15-14(16,17)23-9-2-1-8-5-11(19-10(8)6-9)13(22)20-4-3-18-12(21)7-20/h1-2,5-6,19H,3-4,7H2,(H,18,21). The summed E-state index contributed by atoms with van der Waals surface area (Å²) in [6.45, 7) is 0.702. The van der Waals surface area contributed by atoms with E-state index < -0.39 is 6.36 Å². The number of halogens is 3. The van der Waals surface area contributed by atoms with E-state index in [0.717, 1.165) is 0 Å². The monoisotopic (exact) mass is 327 g/mol. The van der Waals surface area contributed by atoms with Gasteiger partial charge in [-0.25, -0.2) is 0 Å². The fourth-order valence-electron chi connectivity index (χ4n) is 2.40. The van der Waals surface area contributed by atoms with Crippen molar-refractivity contribution in [3.05, 3.63) is 30.0 Å². The molecule has 2 N–H and O–H groups in total. The van der Waals surface area contributed by atoms with Crippen LogP contribution in [0, 0.1) is 0 Å². The van der Waals surface area contributed by atoms with Gasteiger partial charge in [0, 0.05) is 30.1 Å². The lowest BCUT2D eigenvalue weighted by atomic mass is 10.2. The topological polar surface area (TPSA) is 74.4 Å². The Morgan fingerprint density at radius 2 is 2.04 bits per heavy atom. The molecule has 0 spiro atoms. The molecule has 1 saturated heterocycles. The number of amides is 2. The number of fused-ring (bicyclic) bond motifs is 1. The van der Waals surface area contributed by atoms with Gasteiger partial charge in [0.2, 0.25) is 5.91 Å². The third-order valence-corrected chi connectivity index (χ3v) is 3.38. The Bertz CT molecular complexity index is 769. The molecule has 2 amide bonds. The van der Waals surface area contributed by atoms with Gasteiger partial charge in [0.05, 0.1) is 6.54 Å². The fourth-order valence-corrected chi connectivity index (χ4v) is 2.40. The molecule has 6 nitrogen and oxygen atoms in total. The molecule has 1 fully saturated rings. The molecule has 1 aliphatic heterocycles. The number of carbonyl (C=O) groups excluding carboxylic acids is 2. The van der Waals surface area contributed by atoms with Crippen LogP contribution in [0.25, 0.3) is 10.9 Å². The smallest absolute Gasteiger partial charge is 0.406 e. The maximum Gasteiger partial charge on any atom is 0.573 e. The summed E-state index contributed by atoms with van der Waals surface area (Å²) in [6.07, 6.45) is -4.78. The van der Waals surface area contributed by atoms with E-state index in [-0.39, 0.29) is 29.8 Å². The minimum atomic E-state index is -4.78. The van der Waals surface area contributed by atoms with Crippen LogP contribution in [0.3, 0.4) is 0 Å². The maximum absolute atomic E-state index is 12.3. The van der Waals surface area contributed by atoms with Crippen molar-refractivity contribution in [3.8, 4) is 5.75 Å². The van der Waals surface area contributed by atoms with Crippen LogP contribution in [0.2, 0.25) is 0 Å². The molecular weight excluding hydrogens is 315 g/mol. The summed E-state index contributed by atoms with van der Waals surface area (Å²) < 4.78 is 40.5. The number of aromatic amines is 1. The predicted molar refractivity (Wildman–Crippen MR) is 73.9 cm³/mol. The lowest BCUT2D eigenvalue weighted by Crippen LogP contribution is -2.50. The van der Waals surface area contributed by atoms with E-state index in [2.05, 4.69) is 15.0 Å². The fraction of sp³-hybridized carbons (Fsp3) is 0.286. The molecule has 3 rings (SSSR count). The number of hydrogen-bond donors (Lipinski definition) is 2. The molecule has 0 saturated carbocycles. The number of H-pyrrole nitrogens is 1. The minimum Gasteiger partial charge on any atom is -0.406 e. The minimum absolute atomic E-state index is 0.0450. The van der Waals surface area contributed by atoms with E-state index in [1.54, 1.807) is 0 Å². The van der Waals surface area contributed by atoms with E-state index in [9.17, 15) is 22.8 Å². The third-order valence-electron chi connectivity index (χ3n) is 3.38. The quantitative estimate of drug-likeness (QED) is 0.880. The van der Waals surface area contributed by atoms with Gasteiger partial charge in [-0.2, -0.15) is 0 Å². The molecule has 1 aromatic carbocycles. The number of benzene rings is 1. The molecular formula is C14H12F3N3O3. The number of alkyl halides is 3. The van der Waals surface area contributed by atoms with Gasteiger partial charge in [-0.3, -0.25) is 9.59 Å². The Labute approximate surface area is 128 Å². The average Bonchev–Trinajstić information content (AvgIpc) is 2.88. The van der Waals surface area contributed by atoms with E-state index in [4.69, 9.17) is 0 Å². The number of rotatable bonds is 2. The van der Waals surface area contributed by atoms with E-state index in [0.29, 0.717) is 24.0 Å². The molecule has 1 aromatic heterocycles. The number of nitrogens with zero attached hydrogens (tertiary/aromatic N) is 1. The molecule has 23 heavy (non-hydrogen) atoms. The summed E-state index contributed by atoms with van der Waals surface area (Å²) in [5, 5.41) is 3.18. The molecule has 0 aliphatic carbocycles. The van der Waals surface area contributed by atoms with Crippen LogP contribution in [-0.2, 0) is 4.79 Å². The van der Waals surface area contributed by atoms with Gasteiger partial charge in [0.25, 0.3) is 5.91 Å².